The Morgan fingerprint density at radius 3 is 2.24 bits per heavy atom. The van der Waals surface area contributed by atoms with E-state index in [1.54, 1.807) is 32.3 Å². The van der Waals surface area contributed by atoms with Crippen LogP contribution in [0.5, 0.6) is 17.2 Å². The van der Waals surface area contributed by atoms with Crippen LogP contribution in [0.2, 0.25) is 0 Å². The number of methoxy groups -OCH3 is 2. The second-order valence-corrected chi connectivity index (χ2v) is 9.47. The largest absolute Gasteiger partial charge is 0.506 e. The number of hydrogen-bond acceptors (Lipinski definition) is 8. The van der Waals surface area contributed by atoms with Crippen LogP contribution in [0, 0.1) is 0 Å². The van der Waals surface area contributed by atoms with E-state index in [9.17, 15) is 23.4 Å². The smallest absolute Gasteiger partial charge is 0.230 e. The van der Waals surface area contributed by atoms with Crippen LogP contribution < -0.4 is 19.5 Å². The molecular weight excluding hydrogens is 450 g/mol. The molecule has 0 bridgehead atoms. The normalized spacial score (nSPS) is 13.2. The molecule has 4 N–H and O–H groups in total. The van der Waals surface area contributed by atoms with Crippen LogP contribution >= 0.6 is 0 Å². The van der Waals surface area contributed by atoms with Crippen LogP contribution in [0.3, 0.4) is 0 Å². The lowest BCUT2D eigenvalue weighted by molar-refractivity contribution is -0.130. The minimum atomic E-state index is -3.60. The lowest BCUT2D eigenvalue weighted by atomic mass is 9.96. The zero-order chi connectivity index (χ0) is 24.8. The number of sulfonamides is 1. The molecule has 2 rings (SSSR count). The third-order valence-corrected chi connectivity index (χ3v) is 5.53. The van der Waals surface area contributed by atoms with Gasteiger partial charge in [-0.25, -0.2) is 8.42 Å². The molecule has 2 aromatic carbocycles. The molecule has 0 aromatic heterocycles. The fourth-order valence-electron chi connectivity index (χ4n) is 3.25. The van der Waals surface area contributed by atoms with Crippen molar-refractivity contribution in [3.05, 3.63) is 47.5 Å². The van der Waals surface area contributed by atoms with E-state index in [0.29, 0.717) is 17.1 Å². The van der Waals surface area contributed by atoms with E-state index in [2.05, 4.69) is 10.0 Å². The van der Waals surface area contributed by atoms with Crippen LogP contribution in [0.4, 0.5) is 5.69 Å². The van der Waals surface area contributed by atoms with Gasteiger partial charge < -0.3 is 29.9 Å². The summed E-state index contributed by atoms with van der Waals surface area (Å²) in [6.07, 6.45) is -0.0427. The predicted molar refractivity (Wildman–Crippen MR) is 125 cm³/mol. The highest BCUT2D eigenvalue weighted by Crippen LogP contribution is 2.31. The number of hydrogen-bond donors (Lipinski definition) is 4. The zero-order valence-electron chi connectivity index (χ0n) is 19.3. The van der Waals surface area contributed by atoms with Crippen molar-refractivity contribution in [2.45, 2.75) is 12.0 Å². The Bertz CT molecular complexity index is 1070. The summed E-state index contributed by atoms with van der Waals surface area (Å²) < 4.78 is 35.8. The van der Waals surface area contributed by atoms with Crippen molar-refractivity contribution < 1.29 is 32.9 Å². The minimum absolute atomic E-state index is 0.0277. The highest BCUT2D eigenvalue weighted by atomic mass is 32.2. The van der Waals surface area contributed by atoms with Crippen LogP contribution in [-0.4, -0.2) is 77.1 Å². The van der Waals surface area contributed by atoms with Crippen molar-refractivity contribution in [1.82, 2.24) is 10.2 Å². The maximum absolute atomic E-state index is 12.8. The van der Waals surface area contributed by atoms with E-state index in [0.717, 1.165) is 11.8 Å². The van der Waals surface area contributed by atoms with E-state index < -0.39 is 22.0 Å². The summed E-state index contributed by atoms with van der Waals surface area (Å²) in [4.78, 5) is 14.3. The molecular formula is C22H31N3O7S. The summed E-state index contributed by atoms with van der Waals surface area (Å²) >= 11 is 0. The number of rotatable bonds is 11. The number of aliphatic hydroxyl groups is 1. The third kappa shape index (κ3) is 7.24. The van der Waals surface area contributed by atoms with Gasteiger partial charge in [-0.2, -0.15) is 0 Å². The van der Waals surface area contributed by atoms with E-state index in [1.807, 2.05) is 0 Å². The van der Waals surface area contributed by atoms with Gasteiger partial charge in [-0.15, -0.1) is 0 Å². The first-order valence-corrected chi connectivity index (χ1v) is 12.0. The molecule has 11 heteroatoms. The number of aliphatic hydroxyl groups excluding tert-OH is 1. The number of ether oxygens (including phenoxy) is 2. The van der Waals surface area contributed by atoms with Crippen LogP contribution in [0.1, 0.15) is 23.1 Å². The van der Waals surface area contributed by atoms with Crippen molar-refractivity contribution in [3.8, 4) is 17.2 Å². The molecule has 2 aromatic rings. The number of benzene rings is 2. The number of amides is 1. The monoisotopic (exact) mass is 481 g/mol. The van der Waals surface area contributed by atoms with E-state index in [-0.39, 0.29) is 30.4 Å². The van der Waals surface area contributed by atoms with Crippen molar-refractivity contribution in [1.29, 1.82) is 0 Å². The number of phenolic OH excluding ortho intramolecular Hbond substituents is 1. The molecule has 182 valence electrons. The van der Waals surface area contributed by atoms with Gasteiger partial charge in [0, 0.05) is 27.2 Å². The van der Waals surface area contributed by atoms with E-state index in [1.165, 1.54) is 37.3 Å². The molecule has 0 aliphatic rings. The van der Waals surface area contributed by atoms with Crippen LogP contribution in [0.25, 0.3) is 0 Å². The minimum Gasteiger partial charge on any atom is -0.506 e. The van der Waals surface area contributed by atoms with Crippen molar-refractivity contribution in [3.63, 3.8) is 0 Å². The van der Waals surface area contributed by atoms with Gasteiger partial charge in [-0.1, -0.05) is 12.1 Å². The molecule has 0 spiro atoms. The second-order valence-electron chi connectivity index (χ2n) is 7.72. The second kappa shape index (κ2) is 11.2. The summed E-state index contributed by atoms with van der Waals surface area (Å²) in [5.41, 5.74) is 1.09. The molecule has 1 amide bonds. The van der Waals surface area contributed by atoms with Crippen LogP contribution in [-0.2, 0) is 14.8 Å². The number of nitrogens with one attached hydrogen (secondary N) is 2. The SMILES string of the molecule is COc1ccc(C(CNC[C@H](O)c2ccc(O)c(NS(C)(=O)=O)c2)C(=O)N(C)C)cc1OC. The molecule has 1 unspecified atom stereocenters. The van der Waals surface area contributed by atoms with Crippen molar-refractivity contribution in [2.75, 3.05) is 52.4 Å². The Kier molecular flexibility index (Phi) is 8.91. The quantitative estimate of drug-likeness (QED) is 0.352. The molecule has 2 atom stereocenters. The first kappa shape index (κ1) is 26.2. The summed E-state index contributed by atoms with van der Waals surface area (Å²) in [6, 6.07) is 9.41. The Morgan fingerprint density at radius 1 is 1.03 bits per heavy atom. The molecule has 0 aliphatic heterocycles. The van der Waals surface area contributed by atoms with Gasteiger partial charge >= 0.3 is 0 Å². The molecule has 33 heavy (non-hydrogen) atoms. The number of likely N-dealkylation sites (N-methyl/N-ethyl adjacent to an activating group) is 1. The van der Waals surface area contributed by atoms with Crippen LogP contribution in [0.15, 0.2) is 36.4 Å². The Balaban J connectivity index is 2.16. The Hall–Kier alpha value is -3.02. The summed E-state index contributed by atoms with van der Waals surface area (Å²) in [5.74, 6) is 0.116. The third-order valence-electron chi connectivity index (χ3n) is 4.94. The first-order valence-electron chi connectivity index (χ1n) is 10.1. The fourth-order valence-corrected chi connectivity index (χ4v) is 3.82. The molecule has 10 nitrogen and oxygen atoms in total. The summed E-state index contributed by atoms with van der Waals surface area (Å²) in [5, 5.41) is 23.5. The van der Waals surface area contributed by atoms with Gasteiger partial charge in [0.25, 0.3) is 0 Å². The first-order chi connectivity index (χ1) is 15.5. The number of carbonyl (C=O) groups is 1. The molecule has 0 fully saturated rings. The Labute approximate surface area is 194 Å². The van der Waals surface area contributed by atoms with Crippen molar-refractivity contribution in [2.24, 2.45) is 0 Å². The summed E-state index contributed by atoms with van der Waals surface area (Å²) in [6.45, 7) is 0.323. The van der Waals surface area contributed by atoms with Gasteiger partial charge in [0.2, 0.25) is 15.9 Å². The van der Waals surface area contributed by atoms with Gasteiger partial charge in [0.05, 0.1) is 38.2 Å². The maximum Gasteiger partial charge on any atom is 0.230 e. The highest BCUT2D eigenvalue weighted by Gasteiger charge is 2.24. The zero-order valence-corrected chi connectivity index (χ0v) is 20.1. The molecule has 0 saturated heterocycles. The van der Waals surface area contributed by atoms with Gasteiger partial charge in [-0.3, -0.25) is 9.52 Å². The number of nitrogens with zero attached hydrogens (tertiary/aromatic N) is 1. The standard InChI is InChI=1S/C22H31N3O7S/c1-25(2)22(28)16(14-7-9-20(31-3)21(11-14)32-4)12-23-13-19(27)15-6-8-18(26)17(10-15)24-33(5,29)30/h6-11,16,19,23-24,26-27H,12-13H2,1-5H3/t16?,19-/m0/s1. The molecule has 0 aliphatic carbocycles. The van der Waals surface area contributed by atoms with Crippen molar-refractivity contribution >= 4 is 21.6 Å². The van der Waals surface area contributed by atoms with Gasteiger partial charge in [-0.05, 0) is 35.4 Å². The summed E-state index contributed by atoms with van der Waals surface area (Å²) in [7, 11) is 2.78. The van der Waals surface area contributed by atoms with Gasteiger partial charge in [0.15, 0.2) is 11.5 Å². The molecule has 0 radical (unpaired) electrons. The maximum atomic E-state index is 12.8. The number of anilines is 1. The fraction of sp³-hybridized carbons (Fsp3) is 0.409. The average molecular weight is 482 g/mol. The molecule has 0 heterocycles. The molecule has 0 saturated carbocycles. The highest BCUT2D eigenvalue weighted by molar-refractivity contribution is 7.92. The lowest BCUT2D eigenvalue weighted by Gasteiger charge is -2.23. The Morgan fingerprint density at radius 2 is 1.67 bits per heavy atom. The van der Waals surface area contributed by atoms with E-state index in [4.69, 9.17) is 9.47 Å². The lowest BCUT2D eigenvalue weighted by Crippen LogP contribution is -2.36. The predicted octanol–water partition coefficient (Wildman–Crippen LogP) is 1.28. The topological polar surface area (TPSA) is 137 Å². The average Bonchev–Trinajstić information content (AvgIpc) is 2.76. The van der Waals surface area contributed by atoms with Gasteiger partial charge in [0.1, 0.15) is 5.75 Å². The number of carbonyl (C=O) groups excluding carboxylic acids is 1. The number of phenols is 1. The number of aromatic hydroxyl groups is 1. The van der Waals surface area contributed by atoms with E-state index >= 15 is 0 Å².